The van der Waals surface area contributed by atoms with E-state index in [1.807, 2.05) is 11.0 Å². The number of hydrogen-bond donors (Lipinski definition) is 0. The van der Waals surface area contributed by atoms with Crippen LogP contribution in [0.25, 0.3) is 0 Å². The maximum absolute atomic E-state index is 14.1. The largest absolute Gasteiger partial charge is 0.416 e. The first-order valence-corrected chi connectivity index (χ1v) is 15.3. The highest BCUT2D eigenvalue weighted by molar-refractivity contribution is 6.34. The van der Waals surface area contributed by atoms with Crippen molar-refractivity contribution in [1.29, 1.82) is 0 Å². The van der Waals surface area contributed by atoms with Crippen LogP contribution < -0.4 is 14.7 Å². The van der Waals surface area contributed by atoms with E-state index in [1.54, 1.807) is 43.5 Å². The topological polar surface area (TPSA) is 99.2 Å². The summed E-state index contributed by atoms with van der Waals surface area (Å²) < 4.78 is 46.6. The molecule has 1 aromatic carbocycles. The summed E-state index contributed by atoms with van der Waals surface area (Å²) in [5.74, 6) is -2.03. The van der Waals surface area contributed by atoms with Crippen molar-refractivity contribution in [3.8, 4) is 0 Å². The number of rotatable bonds is 6. The number of carbonyl (C=O) groups is 3. The Morgan fingerprint density at radius 3 is 2.68 bits per heavy atom. The number of aromatic nitrogens is 2. The molecule has 0 spiro atoms. The third-order valence-corrected chi connectivity index (χ3v) is 9.18. The second-order valence-electron chi connectivity index (χ2n) is 11.9. The van der Waals surface area contributed by atoms with Gasteiger partial charge in [0.2, 0.25) is 17.7 Å². The average Bonchev–Trinajstić information content (AvgIpc) is 3.54. The molecule has 246 valence electrons. The van der Waals surface area contributed by atoms with Crippen LogP contribution in [0.15, 0.2) is 55.3 Å². The predicted molar refractivity (Wildman–Crippen MR) is 169 cm³/mol. The highest BCUT2D eigenvalue weighted by atomic mass is 35.5. The van der Waals surface area contributed by atoms with Crippen molar-refractivity contribution < 1.29 is 32.3 Å². The molecular weight excluding hydrogens is 637 g/mol. The molecule has 0 radical (unpaired) electrons. The van der Waals surface area contributed by atoms with Gasteiger partial charge in [0.15, 0.2) is 0 Å². The van der Waals surface area contributed by atoms with E-state index in [0.29, 0.717) is 22.9 Å². The summed E-state index contributed by atoms with van der Waals surface area (Å²) in [7, 11) is 3.11. The van der Waals surface area contributed by atoms with Crippen LogP contribution in [0.3, 0.4) is 0 Å². The minimum Gasteiger partial charge on any atom is -0.382 e. The summed E-state index contributed by atoms with van der Waals surface area (Å²) in [6.45, 7) is 6.08. The predicted octanol–water partition coefficient (Wildman–Crippen LogP) is 5.08. The second kappa shape index (κ2) is 12.3. The fourth-order valence-corrected chi connectivity index (χ4v) is 7.12. The van der Waals surface area contributed by atoms with E-state index < -0.39 is 35.5 Å². The summed E-state index contributed by atoms with van der Waals surface area (Å²) in [6, 6.07) is 7.35. The van der Waals surface area contributed by atoms with Crippen molar-refractivity contribution in [3.63, 3.8) is 0 Å². The summed E-state index contributed by atoms with van der Waals surface area (Å²) in [5, 5.41) is 0.383. The molecule has 3 atom stereocenters. The van der Waals surface area contributed by atoms with Gasteiger partial charge in [0.25, 0.3) is 0 Å². The number of benzene rings is 1. The van der Waals surface area contributed by atoms with Gasteiger partial charge >= 0.3 is 6.18 Å². The van der Waals surface area contributed by atoms with E-state index in [1.165, 1.54) is 17.9 Å². The van der Waals surface area contributed by atoms with Crippen molar-refractivity contribution in [2.45, 2.75) is 44.7 Å². The van der Waals surface area contributed by atoms with Gasteiger partial charge in [0.1, 0.15) is 11.9 Å². The van der Waals surface area contributed by atoms with E-state index in [9.17, 15) is 27.6 Å². The van der Waals surface area contributed by atoms with Crippen LogP contribution in [0.2, 0.25) is 5.02 Å². The van der Waals surface area contributed by atoms with Crippen molar-refractivity contribution in [1.82, 2.24) is 14.9 Å². The number of hydrogen-bond acceptors (Lipinski definition) is 7. The number of aryl methyl sites for hydroxylation is 1. The lowest BCUT2D eigenvalue weighted by Crippen LogP contribution is -2.52. The Kier molecular flexibility index (Phi) is 8.47. The summed E-state index contributed by atoms with van der Waals surface area (Å²) in [6.07, 6.45) is -1.78. The third-order valence-electron chi connectivity index (χ3n) is 8.87. The molecule has 3 aromatic rings. The Morgan fingerprint density at radius 1 is 1.21 bits per heavy atom. The number of alkyl halides is 3. The monoisotopic (exact) mass is 668 g/mol. The lowest BCUT2D eigenvalue weighted by atomic mass is 9.95. The standard InChI is InChI=1S/C33H32ClF3N6O4/c1-5-27(44)42-16-20-10-19(13-38-29(20)25(42)17-47-4)14-41-15-21-11-28(45)43(26-12-22(33(35,36)37)9-18(2)39-26)30(21)32(46)40(3)24-8-6-7-23(34)31(24)41/h5-10,12-13,21,25,30H,1,11,14-17H2,2-4H3/t21-,25-,30+/m1/s1. The van der Waals surface area contributed by atoms with Gasteiger partial charge in [-0.15, -0.1) is 0 Å². The molecule has 0 saturated carbocycles. The highest BCUT2D eigenvalue weighted by Crippen LogP contribution is 2.44. The van der Waals surface area contributed by atoms with Gasteiger partial charge in [0, 0.05) is 58.0 Å². The van der Waals surface area contributed by atoms with Gasteiger partial charge < -0.3 is 19.4 Å². The van der Waals surface area contributed by atoms with Gasteiger partial charge in [-0.2, -0.15) is 13.2 Å². The van der Waals surface area contributed by atoms with Crippen LogP contribution in [-0.4, -0.2) is 65.9 Å². The van der Waals surface area contributed by atoms with Gasteiger partial charge in [-0.1, -0.05) is 24.2 Å². The average molecular weight is 669 g/mol. The molecule has 2 aromatic heterocycles. The summed E-state index contributed by atoms with van der Waals surface area (Å²) in [5.41, 5.74) is 2.54. The number of likely N-dealkylation sites (N-methyl/N-ethyl adjacent to an activating group) is 1. The Hall–Kier alpha value is -4.49. The zero-order chi connectivity index (χ0) is 33.8. The minimum absolute atomic E-state index is 0.0710. The smallest absolute Gasteiger partial charge is 0.382 e. The van der Waals surface area contributed by atoms with Crippen LogP contribution >= 0.6 is 11.6 Å². The lowest BCUT2D eigenvalue weighted by Gasteiger charge is -2.39. The summed E-state index contributed by atoms with van der Waals surface area (Å²) in [4.78, 5) is 55.3. The van der Waals surface area contributed by atoms with Crippen molar-refractivity contribution in [2.24, 2.45) is 5.92 Å². The number of methoxy groups -OCH3 is 1. The first-order valence-electron chi connectivity index (χ1n) is 14.9. The van der Waals surface area contributed by atoms with Crippen LogP contribution in [0.1, 0.15) is 40.5 Å². The fourth-order valence-electron chi connectivity index (χ4n) is 6.83. The quantitative estimate of drug-likeness (QED) is 0.338. The normalized spacial score (nSPS) is 21.0. The number of anilines is 3. The molecule has 5 heterocycles. The molecular formula is C33H32ClF3N6O4. The molecule has 10 nitrogen and oxygen atoms in total. The van der Waals surface area contributed by atoms with Crippen LogP contribution in [0.4, 0.5) is 30.4 Å². The van der Waals surface area contributed by atoms with Crippen LogP contribution in [0.5, 0.6) is 0 Å². The number of halogens is 4. The second-order valence-corrected chi connectivity index (χ2v) is 12.3. The molecule has 0 bridgehead atoms. The lowest BCUT2D eigenvalue weighted by molar-refractivity contribution is -0.137. The molecule has 1 saturated heterocycles. The van der Waals surface area contributed by atoms with Crippen LogP contribution in [-0.2, 0) is 38.4 Å². The fraction of sp³-hybridized carbons (Fsp3) is 0.364. The third kappa shape index (κ3) is 5.82. The SMILES string of the molecule is C=CC(=O)N1Cc2cc(CN3C[C@H]4CC(=O)N(c5cc(C(F)(F)F)cc(C)n5)[C@@H]4C(=O)N(C)c4cccc(Cl)c43)cnc2[C@H]1COC. The molecule has 0 N–H and O–H groups in total. The van der Waals surface area contributed by atoms with Gasteiger partial charge in [-0.05, 0) is 54.5 Å². The van der Waals surface area contributed by atoms with Crippen LogP contribution in [0, 0.1) is 12.8 Å². The Bertz CT molecular complexity index is 1790. The van der Waals surface area contributed by atoms with E-state index in [0.717, 1.165) is 33.9 Å². The molecule has 14 heteroatoms. The highest BCUT2D eigenvalue weighted by Gasteiger charge is 2.49. The first-order chi connectivity index (χ1) is 22.3. The number of para-hydroxylation sites is 1. The Balaban J connectivity index is 1.39. The Morgan fingerprint density at radius 2 is 1.98 bits per heavy atom. The molecule has 47 heavy (non-hydrogen) atoms. The number of carbonyl (C=O) groups excluding carboxylic acids is 3. The molecule has 0 aliphatic carbocycles. The zero-order valence-corrected chi connectivity index (χ0v) is 26.7. The van der Waals surface area contributed by atoms with Crippen molar-refractivity contribution >= 4 is 46.5 Å². The van der Waals surface area contributed by atoms with E-state index in [-0.39, 0.29) is 49.6 Å². The maximum atomic E-state index is 14.1. The van der Waals surface area contributed by atoms with Crippen molar-refractivity contribution in [2.75, 3.05) is 42.0 Å². The van der Waals surface area contributed by atoms with Gasteiger partial charge in [-0.25, -0.2) is 4.98 Å². The maximum Gasteiger partial charge on any atom is 0.416 e. The van der Waals surface area contributed by atoms with E-state index in [2.05, 4.69) is 11.6 Å². The minimum atomic E-state index is -4.66. The molecule has 3 amide bonds. The van der Waals surface area contributed by atoms with Gasteiger partial charge in [-0.3, -0.25) is 24.3 Å². The molecule has 6 rings (SSSR count). The van der Waals surface area contributed by atoms with E-state index >= 15 is 0 Å². The molecule has 3 aliphatic rings. The molecule has 0 unspecified atom stereocenters. The number of ether oxygens (including phenoxy) is 1. The first kappa shape index (κ1) is 32.5. The Labute approximate surface area is 274 Å². The number of amides is 3. The molecule has 3 aliphatic heterocycles. The number of nitrogens with zero attached hydrogens (tertiary/aromatic N) is 6. The zero-order valence-electron chi connectivity index (χ0n) is 25.9. The van der Waals surface area contributed by atoms with Gasteiger partial charge in [0.05, 0.1) is 40.3 Å². The number of fused-ring (bicyclic) bond motifs is 3. The number of pyridine rings is 2. The van der Waals surface area contributed by atoms with E-state index in [4.69, 9.17) is 21.3 Å². The molecule has 1 fully saturated rings. The summed E-state index contributed by atoms with van der Waals surface area (Å²) >= 11 is 6.78. The van der Waals surface area contributed by atoms with Crippen molar-refractivity contribution in [3.05, 3.63) is 88.4 Å².